The number of aromatic amines is 1. The highest BCUT2D eigenvalue weighted by Gasteiger charge is 2.56. The lowest BCUT2D eigenvalue weighted by molar-refractivity contribution is -0.175. The number of carbonyl (C=O) groups excluding carboxylic acids is 1. The van der Waals surface area contributed by atoms with E-state index in [-0.39, 0.29) is 52.3 Å². The molecule has 0 radical (unpaired) electrons. The van der Waals surface area contributed by atoms with E-state index in [1.807, 2.05) is 0 Å². The predicted molar refractivity (Wildman–Crippen MR) is 110 cm³/mol. The quantitative estimate of drug-likeness (QED) is 0.506. The van der Waals surface area contributed by atoms with Gasteiger partial charge in [-0.3, -0.25) is 4.79 Å². The molecule has 1 aliphatic heterocycles. The van der Waals surface area contributed by atoms with Crippen molar-refractivity contribution < 1.29 is 35.9 Å². The number of nitrogens with one attached hydrogen (secondary N) is 2. The number of rotatable bonds is 6. The fraction of sp³-hybridized carbons (Fsp3) is 0.364. The van der Waals surface area contributed by atoms with Gasteiger partial charge in [-0.15, -0.1) is 0 Å². The van der Waals surface area contributed by atoms with Crippen molar-refractivity contribution in [2.75, 3.05) is 36.5 Å². The van der Waals surface area contributed by atoms with Gasteiger partial charge in [0.15, 0.2) is 23.3 Å². The third kappa shape index (κ3) is 4.29. The summed E-state index contributed by atoms with van der Waals surface area (Å²) in [7, 11) is 0. The first-order valence-corrected chi connectivity index (χ1v) is 10.4. The zero-order valence-corrected chi connectivity index (χ0v) is 17.4. The summed E-state index contributed by atoms with van der Waals surface area (Å²) < 4.78 is 83.0. The zero-order chi connectivity index (χ0) is 24.2. The fourth-order valence-corrected chi connectivity index (χ4v) is 4.58. The van der Waals surface area contributed by atoms with Crippen molar-refractivity contribution in [2.45, 2.75) is 6.18 Å². The monoisotopic (exact) mass is 484 g/mol. The number of carbonyl (C=O) groups is 1. The first-order valence-electron chi connectivity index (χ1n) is 10.4. The zero-order valence-electron chi connectivity index (χ0n) is 17.4. The van der Waals surface area contributed by atoms with Gasteiger partial charge in [-0.1, -0.05) is 0 Å². The Hall–Kier alpha value is -3.28. The van der Waals surface area contributed by atoms with Crippen LogP contribution < -0.4 is 10.2 Å². The van der Waals surface area contributed by atoms with Crippen LogP contribution in [0.3, 0.4) is 0 Å². The third-order valence-corrected chi connectivity index (χ3v) is 6.30. The lowest BCUT2D eigenvalue weighted by atomic mass is 10.2. The van der Waals surface area contributed by atoms with Crippen LogP contribution in [0.4, 0.5) is 37.8 Å². The number of aromatic nitrogens is 2. The van der Waals surface area contributed by atoms with Crippen molar-refractivity contribution in [2.24, 2.45) is 17.8 Å². The summed E-state index contributed by atoms with van der Waals surface area (Å²) >= 11 is 0. The van der Waals surface area contributed by atoms with Crippen LogP contribution in [0.5, 0.6) is 0 Å². The minimum atomic E-state index is -4.36. The lowest BCUT2D eigenvalue weighted by Gasteiger charge is -2.21. The van der Waals surface area contributed by atoms with Gasteiger partial charge in [0.1, 0.15) is 6.61 Å². The second-order valence-electron chi connectivity index (χ2n) is 8.52. The van der Waals surface area contributed by atoms with Crippen molar-refractivity contribution in [3.63, 3.8) is 0 Å². The number of hydrogen-bond acceptors (Lipinski definition) is 4. The Morgan fingerprint density at radius 1 is 1.12 bits per heavy atom. The summed E-state index contributed by atoms with van der Waals surface area (Å²) in [6, 6.07) is 2.93. The van der Waals surface area contributed by atoms with Crippen LogP contribution in [-0.4, -0.2) is 48.4 Å². The molecule has 1 aliphatic carbocycles. The molecule has 1 aromatic carbocycles. The number of fused-ring (bicyclic) bond motifs is 2. The largest absolute Gasteiger partial charge is 0.411 e. The molecule has 6 nitrogen and oxygen atoms in total. The Morgan fingerprint density at radius 3 is 2.50 bits per heavy atom. The normalized spacial score (nSPS) is 21.7. The maximum atomic E-state index is 14.7. The standard InChI is InChI=1S/C22H18F6N4O2/c23-15-2-11-18(3-16(15)24)29-5-19(11)31-21(33)10-1-17(25)20(30-4-10)32-6-12-13(7-32)14(12)8-34-9-22(26,27)28/h1-5,12-14,29H,6-9H2,(H,31,33)/t12-,13+,14+. The average Bonchev–Trinajstić information content (AvgIpc) is 3.08. The molecule has 3 atom stereocenters. The average molecular weight is 484 g/mol. The number of H-pyrrole nitrogens is 1. The molecule has 5 rings (SSSR count). The Labute approximate surface area is 188 Å². The van der Waals surface area contributed by atoms with Gasteiger partial charge in [0.05, 0.1) is 23.4 Å². The molecule has 34 heavy (non-hydrogen) atoms. The minimum absolute atomic E-state index is 0.0150. The van der Waals surface area contributed by atoms with Crippen molar-refractivity contribution in [1.29, 1.82) is 0 Å². The van der Waals surface area contributed by atoms with Gasteiger partial charge in [-0.25, -0.2) is 18.2 Å². The summed E-state index contributed by atoms with van der Waals surface area (Å²) in [4.78, 5) is 21.0. The Kier molecular flexibility index (Phi) is 5.42. The summed E-state index contributed by atoms with van der Waals surface area (Å²) in [6.07, 6.45) is -1.79. The molecule has 1 amide bonds. The number of amides is 1. The van der Waals surface area contributed by atoms with Crippen LogP contribution in [0.2, 0.25) is 0 Å². The molecule has 3 aromatic rings. The van der Waals surface area contributed by atoms with Crippen LogP contribution in [-0.2, 0) is 4.74 Å². The van der Waals surface area contributed by atoms with Gasteiger partial charge in [0.2, 0.25) is 0 Å². The van der Waals surface area contributed by atoms with Gasteiger partial charge in [-0.05, 0) is 29.9 Å². The molecule has 0 bridgehead atoms. The smallest absolute Gasteiger partial charge is 0.372 e. The first-order chi connectivity index (χ1) is 16.1. The van der Waals surface area contributed by atoms with E-state index < -0.39 is 36.1 Å². The molecule has 2 N–H and O–H groups in total. The summed E-state index contributed by atoms with van der Waals surface area (Å²) in [5, 5.41) is 2.77. The molecule has 0 spiro atoms. The molecule has 0 unspecified atom stereocenters. The van der Waals surface area contributed by atoms with E-state index in [4.69, 9.17) is 4.74 Å². The topological polar surface area (TPSA) is 70.2 Å². The molecule has 3 heterocycles. The lowest BCUT2D eigenvalue weighted by Crippen LogP contribution is -2.28. The van der Waals surface area contributed by atoms with Gasteiger partial charge < -0.3 is 19.9 Å². The third-order valence-electron chi connectivity index (χ3n) is 6.30. The second kappa shape index (κ2) is 8.19. The molecule has 2 aliphatic rings. The summed E-state index contributed by atoms with van der Waals surface area (Å²) in [5.41, 5.74) is 0.409. The minimum Gasteiger partial charge on any atom is -0.372 e. The molecule has 2 aromatic heterocycles. The van der Waals surface area contributed by atoms with Crippen molar-refractivity contribution in [3.05, 3.63) is 53.6 Å². The number of piperidine rings is 1. The Morgan fingerprint density at radius 2 is 1.82 bits per heavy atom. The summed E-state index contributed by atoms with van der Waals surface area (Å²) in [5.74, 6) is -3.20. The molecule has 2 fully saturated rings. The van der Waals surface area contributed by atoms with E-state index in [0.29, 0.717) is 13.1 Å². The van der Waals surface area contributed by atoms with E-state index in [9.17, 15) is 31.1 Å². The van der Waals surface area contributed by atoms with Crippen molar-refractivity contribution in [3.8, 4) is 0 Å². The number of halogens is 6. The second-order valence-corrected chi connectivity index (χ2v) is 8.52. The van der Waals surface area contributed by atoms with Gasteiger partial charge >= 0.3 is 6.18 Å². The Balaban J connectivity index is 1.21. The maximum Gasteiger partial charge on any atom is 0.411 e. The highest BCUT2D eigenvalue weighted by atomic mass is 19.4. The number of anilines is 2. The SMILES string of the molecule is O=C(Nc1c[nH]c2cc(F)c(F)cc12)c1cnc(N2C[C@@H]3[C@@H](COCC(F)(F)F)[C@@H]3C2)c(F)c1. The first kappa shape index (κ1) is 22.5. The molecular weight excluding hydrogens is 466 g/mol. The molecular formula is C22H18F6N4O2. The van der Waals surface area contributed by atoms with Gasteiger partial charge in [-0.2, -0.15) is 13.2 Å². The van der Waals surface area contributed by atoms with Gasteiger partial charge in [0, 0.05) is 36.9 Å². The number of hydrogen-bond donors (Lipinski definition) is 2. The van der Waals surface area contributed by atoms with Crippen molar-refractivity contribution >= 4 is 28.3 Å². The van der Waals surface area contributed by atoms with E-state index >= 15 is 0 Å². The highest BCUT2D eigenvalue weighted by molar-refractivity contribution is 6.08. The van der Waals surface area contributed by atoms with E-state index in [1.54, 1.807) is 4.90 Å². The predicted octanol–water partition coefficient (Wildman–Crippen LogP) is 4.49. The number of pyridine rings is 1. The number of alkyl halides is 3. The van der Waals surface area contributed by atoms with E-state index in [2.05, 4.69) is 15.3 Å². The molecule has 1 saturated carbocycles. The van der Waals surface area contributed by atoms with E-state index in [1.165, 1.54) is 12.4 Å². The number of nitrogens with zero attached hydrogens (tertiary/aromatic N) is 2. The Bertz CT molecular complexity index is 1250. The number of benzene rings is 1. The molecule has 180 valence electrons. The summed E-state index contributed by atoms with van der Waals surface area (Å²) in [6.45, 7) is -0.381. The van der Waals surface area contributed by atoms with Crippen molar-refractivity contribution in [1.82, 2.24) is 9.97 Å². The van der Waals surface area contributed by atoms with Crippen LogP contribution in [0.1, 0.15) is 10.4 Å². The van der Waals surface area contributed by atoms with Gasteiger partial charge in [0.25, 0.3) is 5.91 Å². The van der Waals surface area contributed by atoms with Crippen LogP contribution in [0, 0.1) is 35.2 Å². The van der Waals surface area contributed by atoms with E-state index in [0.717, 1.165) is 18.2 Å². The molecule has 12 heteroatoms. The maximum absolute atomic E-state index is 14.7. The molecule has 1 saturated heterocycles. The highest BCUT2D eigenvalue weighted by Crippen LogP contribution is 2.52. The van der Waals surface area contributed by atoms with Crippen LogP contribution in [0.25, 0.3) is 10.9 Å². The van der Waals surface area contributed by atoms with Crippen LogP contribution in [0.15, 0.2) is 30.6 Å². The number of ether oxygens (including phenoxy) is 1. The fourth-order valence-electron chi connectivity index (χ4n) is 4.58. The van der Waals surface area contributed by atoms with Crippen LogP contribution >= 0.6 is 0 Å².